The van der Waals surface area contributed by atoms with Crippen LogP contribution in [-0.2, 0) is 14.8 Å². The van der Waals surface area contributed by atoms with E-state index in [1.807, 2.05) is 60.7 Å². The Morgan fingerprint density at radius 2 is 1.73 bits per heavy atom. The van der Waals surface area contributed by atoms with Crippen molar-refractivity contribution >= 4 is 38.3 Å². The lowest BCUT2D eigenvalue weighted by atomic mass is 9.99. The number of nitrogens with one attached hydrogen (secondary N) is 1. The van der Waals surface area contributed by atoms with Gasteiger partial charge in [-0.25, -0.2) is 12.7 Å². The number of methoxy groups -OCH3 is 1. The van der Waals surface area contributed by atoms with E-state index in [0.29, 0.717) is 5.01 Å². The molecule has 11 heteroatoms. The van der Waals surface area contributed by atoms with Gasteiger partial charge in [0.2, 0.25) is 11.0 Å². The van der Waals surface area contributed by atoms with Crippen LogP contribution in [0.3, 0.4) is 0 Å². The molecule has 0 radical (unpaired) electrons. The third-order valence-electron chi connectivity index (χ3n) is 6.02. The fourth-order valence-corrected chi connectivity index (χ4v) is 6.52. The third kappa shape index (κ3) is 4.95. The molecule has 2 heterocycles. The summed E-state index contributed by atoms with van der Waals surface area (Å²) < 4.78 is 33.3. The molecule has 188 valence electrons. The summed E-state index contributed by atoms with van der Waals surface area (Å²) in [5.74, 6) is -1.29. The number of sulfonamides is 1. The zero-order valence-corrected chi connectivity index (χ0v) is 21.3. The van der Waals surface area contributed by atoms with Crippen LogP contribution >= 0.6 is 11.3 Å². The minimum Gasteiger partial charge on any atom is -0.495 e. The first-order valence-corrected chi connectivity index (χ1v) is 13.6. The van der Waals surface area contributed by atoms with Gasteiger partial charge in [0.15, 0.2) is 0 Å². The van der Waals surface area contributed by atoms with Gasteiger partial charge >= 0.3 is 0 Å². The molecule has 37 heavy (non-hydrogen) atoms. The second-order valence-electron chi connectivity index (χ2n) is 8.34. The molecule has 1 aromatic heterocycles. The van der Waals surface area contributed by atoms with Gasteiger partial charge in [-0.1, -0.05) is 72.0 Å². The number of amides is 2. The highest BCUT2D eigenvalue weighted by atomic mass is 32.2. The molecule has 9 nitrogen and oxygen atoms in total. The van der Waals surface area contributed by atoms with E-state index in [1.165, 1.54) is 36.6 Å². The Morgan fingerprint density at radius 3 is 2.43 bits per heavy atom. The molecule has 2 amide bonds. The molecule has 1 aliphatic heterocycles. The Balaban J connectivity index is 1.39. The standard InChI is InChI=1S/C26H22N4O5S2/c1-35-21-13-12-19(24(32)27-26-29-28-25(36-26)18-10-6-3-7-11-18)14-22(21)37(33,34)30-16-20(15-23(30)31)17-8-4-2-5-9-17/h2-14,20H,15-16H2,1H3,(H,27,29,32)/t20-/m1/s1. The summed E-state index contributed by atoms with van der Waals surface area (Å²) in [5.41, 5.74) is 1.82. The first-order chi connectivity index (χ1) is 17.9. The molecule has 0 saturated carbocycles. The Morgan fingerprint density at radius 1 is 1.03 bits per heavy atom. The number of hydrogen-bond acceptors (Lipinski definition) is 8. The molecule has 1 saturated heterocycles. The molecule has 0 aliphatic carbocycles. The molecule has 0 unspecified atom stereocenters. The van der Waals surface area contributed by atoms with Crippen molar-refractivity contribution in [2.24, 2.45) is 0 Å². The molecule has 1 atom stereocenters. The average molecular weight is 535 g/mol. The lowest BCUT2D eigenvalue weighted by Crippen LogP contribution is -2.32. The zero-order valence-electron chi connectivity index (χ0n) is 19.7. The van der Waals surface area contributed by atoms with E-state index >= 15 is 0 Å². The lowest BCUT2D eigenvalue weighted by Gasteiger charge is -2.19. The Kier molecular flexibility index (Phi) is 6.72. The maximum absolute atomic E-state index is 13.6. The number of carbonyl (C=O) groups excluding carboxylic acids is 2. The fourth-order valence-electron chi connectivity index (χ4n) is 4.14. The van der Waals surface area contributed by atoms with Crippen LogP contribution in [0.25, 0.3) is 10.6 Å². The molecule has 1 N–H and O–H groups in total. The molecule has 4 aromatic rings. The number of anilines is 1. The van der Waals surface area contributed by atoms with Crippen molar-refractivity contribution in [3.8, 4) is 16.3 Å². The lowest BCUT2D eigenvalue weighted by molar-refractivity contribution is -0.123. The molecule has 3 aromatic carbocycles. The van der Waals surface area contributed by atoms with Crippen molar-refractivity contribution in [1.82, 2.24) is 14.5 Å². The van der Waals surface area contributed by atoms with E-state index in [9.17, 15) is 18.0 Å². The third-order valence-corrected chi connectivity index (χ3v) is 8.71. The Labute approximate surface area is 217 Å². The minimum atomic E-state index is -4.28. The first kappa shape index (κ1) is 24.6. The summed E-state index contributed by atoms with van der Waals surface area (Å²) in [6.45, 7) is 0.0117. The first-order valence-electron chi connectivity index (χ1n) is 11.4. The average Bonchev–Trinajstić information content (AvgIpc) is 3.56. The van der Waals surface area contributed by atoms with E-state index in [2.05, 4.69) is 15.5 Å². The summed E-state index contributed by atoms with van der Waals surface area (Å²) in [5, 5.41) is 11.7. The number of hydrogen-bond donors (Lipinski definition) is 1. The number of nitrogens with zero attached hydrogens (tertiary/aromatic N) is 3. The zero-order chi connectivity index (χ0) is 26.0. The van der Waals surface area contributed by atoms with Gasteiger partial charge in [0.1, 0.15) is 15.7 Å². The minimum absolute atomic E-state index is 0.0117. The van der Waals surface area contributed by atoms with Gasteiger partial charge in [0.25, 0.3) is 15.9 Å². The van der Waals surface area contributed by atoms with Crippen LogP contribution < -0.4 is 10.1 Å². The summed E-state index contributed by atoms with van der Waals surface area (Å²) in [6, 6.07) is 22.8. The number of carbonyl (C=O) groups is 2. The topological polar surface area (TPSA) is 119 Å². The maximum atomic E-state index is 13.6. The smallest absolute Gasteiger partial charge is 0.270 e. The van der Waals surface area contributed by atoms with Crippen LogP contribution in [-0.4, -0.2) is 48.4 Å². The predicted molar refractivity (Wildman–Crippen MR) is 139 cm³/mol. The monoisotopic (exact) mass is 534 g/mol. The summed E-state index contributed by atoms with van der Waals surface area (Å²) in [6.07, 6.45) is 0.0759. The highest BCUT2D eigenvalue weighted by Gasteiger charge is 2.40. The second kappa shape index (κ2) is 10.1. The molecule has 1 aliphatic rings. The van der Waals surface area contributed by atoms with Gasteiger partial charge in [-0.2, -0.15) is 0 Å². The van der Waals surface area contributed by atoms with E-state index in [-0.39, 0.29) is 40.2 Å². The molecular formula is C26H22N4O5S2. The van der Waals surface area contributed by atoms with Crippen molar-refractivity contribution in [1.29, 1.82) is 0 Å². The van der Waals surface area contributed by atoms with Crippen molar-refractivity contribution in [2.75, 3.05) is 19.0 Å². The molecule has 1 fully saturated rings. The summed E-state index contributed by atoms with van der Waals surface area (Å²) in [7, 11) is -2.95. The largest absolute Gasteiger partial charge is 0.495 e. The maximum Gasteiger partial charge on any atom is 0.270 e. The van der Waals surface area contributed by atoms with Crippen LogP contribution in [0.4, 0.5) is 5.13 Å². The Hall–Kier alpha value is -4.09. The quantitative estimate of drug-likeness (QED) is 0.378. The van der Waals surface area contributed by atoms with E-state index < -0.39 is 21.8 Å². The van der Waals surface area contributed by atoms with Gasteiger partial charge in [-0.05, 0) is 23.8 Å². The van der Waals surface area contributed by atoms with E-state index in [1.54, 1.807) is 0 Å². The van der Waals surface area contributed by atoms with Gasteiger partial charge in [0, 0.05) is 30.0 Å². The van der Waals surface area contributed by atoms with E-state index in [0.717, 1.165) is 15.4 Å². The Bertz CT molecular complexity index is 1560. The number of rotatable bonds is 7. The highest BCUT2D eigenvalue weighted by Crippen LogP contribution is 2.35. The molecular weight excluding hydrogens is 512 g/mol. The van der Waals surface area contributed by atoms with Crippen LogP contribution in [0.2, 0.25) is 0 Å². The van der Waals surface area contributed by atoms with Crippen LogP contribution in [0.1, 0.15) is 28.3 Å². The van der Waals surface area contributed by atoms with Crippen LogP contribution in [0, 0.1) is 0 Å². The molecule has 0 bridgehead atoms. The van der Waals surface area contributed by atoms with Gasteiger partial charge < -0.3 is 4.74 Å². The summed E-state index contributed by atoms with van der Waals surface area (Å²) >= 11 is 1.20. The molecule has 0 spiro atoms. The van der Waals surface area contributed by atoms with Crippen LogP contribution in [0.5, 0.6) is 5.75 Å². The van der Waals surface area contributed by atoms with Crippen molar-refractivity contribution in [3.05, 3.63) is 90.0 Å². The van der Waals surface area contributed by atoms with Crippen molar-refractivity contribution < 1.29 is 22.7 Å². The predicted octanol–water partition coefficient (Wildman–Crippen LogP) is 4.17. The summed E-state index contributed by atoms with van der Waals surface area (Å²) in [4.78, 5) is 25.5. The van der Waals surface area contributed by atoms with Gasteiger partial charge in [-0.15, -0.1) is 10.2 Å². The number of benzene rings is 3. The number of ether oxygens (including phenoxy) is 1. The van der Waals surface area contributed by atoms with Crippen LogP contribution in [0.15, 0.2) is 83.8 Å². The second-order valence-corrected chi connectivity index (χ2v) is 11.1. The SMILES string of the molecule is COc1ccc(C(=O)Nc2nnc(-c3ccccc3)s2)cc1S(=O)(=O)N1C[C@H](c2ccccc2)CC1=O. The molecule has 5 rings (SSSR count). The fraction of sp³-hybridized carbons (Fsp3) is 0.154. The van der Waals surface area contributed by atoms with Crippen molar-refractivity contribution in [3.63, 3.8) is 0 Å². The van der Waals surface area contributed by atoms with Gasteiger partial charge in [0.05, 0.1) is 7.11 Å². The van der Waals surface area contributed by atoms with E-state index in [4.69, 9.17) is 4.74 Å². The van der Waals surface area contributed by atoms with Gasteiger partial charge in [-0.3, -0.25) is 14.9 Å². The normalized spacial score (nSPS) is 15.5. The van der Waals surface area contributed by atoms with Crippen molar-refractivity contribution in [2.45, 2.75) is 17.2 Å². The number of aromatic nitrogens is 2. The highest BCUT2D eigenvalue weighted by molar-refractivity contribution is 7.89.